The third-order valence-electron chi connectivity index (χ3n) is 4.22. The molecule has 1 fully saturated rings. The lowest BCUT2D eigenvalue weighted by Crippen LogP contribution is -2.35. The van der Waals surface area contributed by atoms with Gasteiger partial charge in [-0.25, -0.2) is 9.37 Å². The second kappa shape index (κ2) is 8.21. The van der Waals surface area contributed by atoms with Crippen molar-refractivity contribution in [3.63, 3.8) is 0 Å². The summed E-state index contributed by atoms with van der Waals surface area (Å²) < 4.78 is 13.0. The van der Waals surface area contributed by atoms with Crippen LogP contribution in [0.4, 0.5) is 4.39 Å². The number of aromatic nitrogens is 1. The van der Waals surface area contributed by atoms with Gasteiger partial charge in [0.05, 0.1) is 29.6 Å². The van der Waals surface area contributed by atoms with Gasteiger partial charge in [-0.15, -0.1) is 11.3 Å². The zero-order valence-electron chi connectivity index (χ0n) is 13.9. The molecule has 4 nitrogen and oxygen atoms in total. The van der Waals surface area contributed by atoms with E-state index in [1.165, 1.54) is 36.3 Å². The minimum atomic E-state index is -0.248. The SMILES string of the molecule is N#CCCN(CC1CC1)C(=O)Cc1csc(Cc2ccc(F)cc2)n1. The number of nitrogens with zero attached hydrogens (tertiary/aromatic N) is 3. The van der Waals surface area contributed by atoms with Gasteiger partial charge in [0.15, 0.2) is 0 Å². The Morgan fingerprint density at radius 1 is 1.36 bits per heavy atom. The molecule has 25 heavy (non-hydrogen) atoms. The molecule has 0 bridgehead atoms. The molecule has 130 valence electrons. The summed E-state index contributed by atoms with van der Waals surface area (Å²) in [4.78, 5) is 18.9. The van der Waals surface area contributed by atoms with E-state index >= 15 is 0 Å². The number of nitriles is 1. The Hall–Kier alpha value is -2.26. The van der Waals surface area contributed by atoms with Gasteiger partial charge >= 0.3 is 0 Å². The van der Waals surface area contributed by atoms with Crippen LogP contribution in [-0.2, 0) is 17.6 Å². The van der Waals surface area contributed by atoms with Crippen molar-refractivity contribution in [3.8, 4) is 6.07 Å². The van der Waals surface area contributed by atoms with Crippen LogP contribution < -0.4 is 0 Å². The highest BCUT2D eigenvalue weighted by Crippen LogP contribution is 2.30. The molecule has 0 unspecified atom stereocenters. The number of benzene rings is 1. The molecule has 0 atom stereocenters. The van der Waals surface area contributed by atoms with Crippen molar-refractivity contribution in [1.29, 1.82) is 5.26 Å². The second-order valence-corrected chi connectivity index (χ2v) is 7.35. The van der Waals surface area contributed by atoms with Crippen LogP contribution in [0.3, 0.4) is 0 Å². The highest BCUT2D eigenvalue weighted by Gasteiger charge is 2.26. The molecular formula is C19H20FN3OS. The van der Waals surface area contributed by atoms with E-state index in [1.807, 2.05) is 5.38 Å². The van der Waals surface area contributed by atoms with Crippen LogP contribution in [0.5, 0.6) is 0 Å². The van der Waals surface area contributed by atoms with Gasteiger partial charge in [0.25, 0.3) is 0 Å². The molecule has 0 radical (unpaired) electrons. The summed E-state index contributed by atoms with van der Waals surface area (Å²) in [7, 11) is 0. The molecule has 2 aromatic rings. The molecular weight excluding hydrogens is 337 g/mol. The molecule has 1 heterocycles. The summed E-state index contributed by atoms with van der Waals surface area (Å²) in [6.07, 6.45) is 3.63. The standard InChI is InChI=1S/C19H20FN3OS/c20-16-6-4-14(5-7-16)10-18-22-17(13-25-18)11-19(24)23(9-1-8-21)12-15-2-3-15/h4-7,13,15H,1-3,9-12H2. The van der Waals surface area contributed by atoms with Crippen molar-refractivity contribution in [1.82, 2.24) is 9.88 Å². The highest BCUT2D eigenvalue weighted by atomic mass is 32.1. The number of hydrogen-bond donors (Lipinski definition) is 0. The topological polar surface area (TPSA) is 57.0 Å². The Bertz CT molecular complexity index is 762. The maximum absolute atomic E-state index is 13.0. The van der Waals surface area contributed by atoms with Gasteiger partial charge in [0.1, 0.15) is 5.82 Å². The monoisotopic (exact) mass is 357 g/mol. The van der Waals surface area contributed by atoms with Crippen LogP contribution in [0.25, 0.3) is 0 Å². The number of thiazole rings is 1. The van der Waals surface area contributed by atoms with Crippen LogP contribution in [-0.4, -0.2) is 28.9 Å². The van der Waals surface area contributed by atoms with Crippen molar-refractivity contribution >= 4 is 17.2 Å². The van der Waals surface area contributed by atoms with Crippen LogP contribution in [0, 0.1) is 23.1 Å². The maximum Gasteiger partial charge on any atom is 0.228 e. The zero-order chi connectivity index (χ0) is 17.6. The average Bonchev–Trinajstić information content (AvgIpc) is 3.32. The summed E-state index contributed by atoms with van der Waals surface area (Å²) in [5, 5.41) is 11.6. The first-order valence-corrected chi connectivity index (χ1v) is 9.34. The van der Waals surface area contributed by atoms with Gasteiger partial charge in [0.2, 0.25) is 5.91 Å². The van der Waals surface area contributed by atoms with Gasteiger partial charge in [-0.05, 0) is 36.5 Å². The van der Waals surface area contributed by atoms with Gasteiger partial charge < -0.3 is 4.90 Å². The normalized spacial score (nSPS) is 13.4. The summed E-state index contributed by atoms with van der Waals surface area (Å²) in [5.74, 6) is 0.398. The summed E-state index contributed by atoms with van der Waals surface area (Å²) in [6, 6.07) is 8.50. The summed E-state index contributed by atoms with van der Waals surface area (Å²) >= 11 is 1.52. The van der Waals surface area contributed by atoms with Gasteiger partial charge in [-0.1, -0.05) is 12.1 Å². The van der Waals surface area contributed by atoms with Gasteiger partial charge in [-0.2, -0.15) is 5.26 Å². The highest BCUT2D eigenvalue weighted by molar-refractivity contribution is 7.09. The predicted octanol–water partition coefficient (Wildman–Crippen LogP) is 3.57. The Morgan fingerprint density at radius 3 is 2.80 bits per heavy atom. The molecule has 1 aliphatic rings. The molecule has 1 aliphatic carbocycles. The second-order valence-electron chi connectivity index (χ2n) is 6.40. The van der Waals surface area contributed by atoms with E-state index < -0.39 is 0 Å². The average molecular weight is 357 g/mol. The zero-order valence-corrected chi connectivity index (χ0v) is 14.8. The predicted molar refractivity (Wildman–Crippen MR) is 94.6 cm³/mol. The lowest BCUT2D eigenvalue weighted by Gasteiger charge is -2.21. The summed E-state index contributed by atoms with van der Waals surface area (Å²) in [6.45, 7) is 1.26. The minimum absolute atomic E-state index is 0.0424. The number of rotatable bonds is 8. The fourth-order valence-corrected chi connectivity index (χ4v) is 3.50. The fraction of sp³-hybridized carbons (Fsp3) is 0.421. The van der Waals surface area contributed by atoms with E-state index in [9.17, 15) is 9.18 Å². The number of carbonyl (C=O) groups excluding carboxylic acids is 1. The van der Waals surface area contributed by atoms with E-state index in [4.69, 9.17) is 5.26 Å². The van der Waals surface area contributed by atoms with Crippen molar-refractivity contribution in [2.45, 2.75) is 32.1 Å². The lowest BCUT2D eigenvalue weighted by atomic mass is 10.1. The Balaban J connectivity index is 1.58. The number of carbonyl (C=O) groups is 1. The fourth-order valence-electron chi connectivity index (χ4n) is 2.67. The first kappa shape index (κ1) is 17.6. The van der Waals surface area contributed by atoms with Crippen molar-refractivity contribution in [2.24, 2.45) is 5.92 Å². The Morgan fingerprint density at radius 2 is 2.12 bits per heavy atom. The smallest absolute Gasteiger partial charge is 0.228 e. The van der Waals surface area contributed by atoms with Gasteiger partial charge in [-0.3, -0.25) is 4.79 Å². The lowest BCUT2D eigenvalue weighted by molar-refractivity contribution is -0.130. The third kappa shape index (κ3) is 5.36. The van der Waals surface area contributed by atoms with Crippen LogP contribution >= 0.6 is 11.3 Å². The van der Waals surface area contributed by atoms with E-state index in [2.05, 4.69) is 11.1 Å². The van der Waals surface area contributed by atoms with E-state index in [1.54, 1.807) is 17.0 Å². The van der Waals surface area contributed by atoms with Crippen molar-refractivity contribution < 1.29 is 9.18 Å². The number of hydrogen-bond acceptors (Lipinski definition) is 4. The van der Waals surface area contributed by atoms with Crippen LogP contribution in [0.1, 0.15) is 35.5 Å². The largest absolute Gasteiger partial charge is 0.341 e. The Labute approximate surface area is 150 Å². The molecule has 0 aliphatic heterocycles. The molecule has 1 aromatic carbocycles. The van der Waals surface area contributed by atoms with Crippen LogP contribution in [0.15, 0.2) is 29.6 Å². The molecule has 1 amide bonds. The van der Waals surface area contributed by atoms with Crippen molar-refractivity contribution in [2.75, 3.05) is 13.1 Å². The van der Waals surface area contributed by atoms with E-state index in [0.29, 0.717) is 25.3 Å². The van der Waals surface area contributed by atoms with Gasteiger partial charge in [0, 0.05) is 24.9 Å². The van der Waals surface area contributed by atoms with E-state index in [0.717, 1.165) is 22.8 Å². The molecule has 1 saturated carbocycles. The minimum Gasteiger partial charge on any atom is -0.341 e. The maximum atomic E-state index is 13.0. The van der Waals surface area contributed by atoms with Crippen LogP contribution in [0.2, 0.25) is 0 Å². The first-order valence-electron chi connectivity index (χ1n) is 8.46. The number of halogens is 1. The number of amides is 1. The van der Waals surface area contributed by atoms with E-state index in [-0.39, 0.29) is 18.1 Å². The molecule has 3 rings (SSSR count). The van der Waals surface area contributed by atoms with Crippen molar-refractivity contribution in [3.05, 3.63) is 51.7 Å². The quantitative estimate of drug-likeness (QED) is 0.726. The molecule has 0 spiro atoms. The summed E-state index contributed by atoms with van der Waals surface area (Å²) in [5.41, 5.74) is 1.77. The Kier molecular flexibility index (Phi) is 5.77. The molecule has 0 N–H and O–H groups in total. The molecule has 0 saturated heterocycles. The third-order valence-corrected chi connectivity index (χ3v) is 5.12. The molecule has 1 aromatic heterocycles. The molecule has 6 heteroatoms. The first-order chi connectivity index (χ1) is 12.1.